The molecule has 0 aromatic heterocycles. The average Bonchev–Trinajstić information content (AvgIpc) is 2.72. The Balaban J connectivity index is 1.10. The summed E-state index contributed by atoms with van der Waals surface area (Å²) in [6, 6.07) is 17.9. The summed E-state index contributed by atoms with van der Waals surface area (Å²) in [6.45, 7) is 0.550. The van der Waals surface area contributed by atoms with Crippen LogP contribution < -0.4 is 10.2 Å². The first-order valence-corrected chi connectivity index (χ1v) is 11.2. The van der Waals surface area contributed by atoms with Crippen LogP contribution >= 0.6 is 0 Å². The van der Waals surface area contributed by atoms with Crippen molar-refractivity contribution in [1.82, 2.24) is 5.43 Å². The van der Waals surface area contributed by atoms with E-state index >= 15 is 0 Å². The van der Waals surface area contributed by atoms with E-state index in [2.05, 4.69) is 10.5 Å². The second-order valence-electron chi connectivity index (χ2n) is 9.73. The lowest BCUT2D eigenvalue weighted by atomic mass is 9.49. The maximum absolute atomic E-state index is 12.5. The lowest BCUT2D eigenvalue weighted by molar-refractivity contribution is -0.129. The summed E-state index contributed by atoms with van der Waals surface area (Å²) in [7, 11) is 0. The van der Waals surface area contributed by atoms with Crippen molar-refractivity contribution in [2.45, 2.75) is 51.6 Å². The lowest BCUT2D eigenvalue weighted by Gasteiger charge is -2.56. The number of benzene rings is 2. The monoisotopic (exact) mass is 402 g/mol. The summed E-state index contributed by atoms with van der Waals surface area (Å²) >= 11 is 0. The molecule has 2 aromatic rings. The highest BCUT2D eigenvalue weighted by Gasteiger charge is 2.51. The van der Waals surface area contributed by atoms with Gasteiger partial charge < -0.3 is 4.74 Å². The van der Waals surface area contributed by atoms with Crippen molar-refractivity contribution in [3.05, 3.63) is 65.7 Å². The van der Waals surface area contributed by atoms with Crippen LogP contribution in [0, 0.1) is 23.2 Å². The molecule has 1 N–H and O–H groups in total. The molecule has 0 spiro atoms. The molecule has 0 radical (unpaired) electrons. The van der Waals surface area contributed by atoms with Gasteiger partial charge in [0.2, 0.25) is 5.91 Å². The molecule has 6 rings (SSSR count). The van der Waals surface area contributed by atoms with Crippen LogP contribution in [0.4, 0.5) is 0 Å². The molecule has 4 saturated carbocycles. The molecule has 0 aliphatic heterocycles. The number of nitrogens with one attached hydrogen (secondary N) is 1. The van der Waals surface area contributed by atoms with Crippen LogP contribution in [0.3, 0.4) is 0 Å². The summed E-state index contributed by atoms with van der Waals surface area (Å²) in [4.78, 5) is 12.5. The number of hydrogen-bond donors (Lipinski definition) is 1. The predicted molar refractivity (Wildman–Crippen MR) is 118 cm³/mol. The Morgan fingerprint density at radius 3 is 2.23 bits per heavy atom. The Morgan fingerprint density at radius 2 is 1.60 bits per heavy atom. The molecule has 156 valence electrons. The van der Waals surface area contributed by atoms with Crippen LogP contribution in [-0.4, -0.2) is 12.1 Å². The van der Waals surface area contributed by atoms with Crippen molar-refractivity contribution in [3.8, 4) is 5.75 Å². The van der Waals surface area contributed by atoms with Gasteiger partial charge in [-0.1, -0.05) is 30.3 Å². The van der Waals surface area contributed by atoms with E-state index in [0.717, 1.165) is 34.6 Å². The summed E-state index contributed by atoms with van der Waals surface area (Å²) < 4.78 is 5.81. The molecular weight excluding hydrogens is 372 g/mol. The molecule has 4 fully saturated rings. The summed E-state index contributed by atoms with van der Waals surface area (Å²) in [5, 5.41) is 4.20. The normalized spacial score (nSPS) is 29.3. The standard InChI is InChI=1S/C26H30N2O2/c29-25(16-26-13-21-10-22(14-26)12-23(11-21)15-26)28-27-17-19-6-8-24(9-7-19)30-18-20-4-2-1-3-5-20/h1-9,17,21-23H,10-16,18H2,(H,28,29)/b27-17-. The fourth-order valence-corrected chi connectivity index (χ4v) is 6.46. The van der Waals surface area contributed by atoms with Crippen LogP contribution in [0.1, 0.15) is 56.1 Å². The zero-order valence-electron chi connectivity index (χ0n) is 17.4. The van der Waals surface area contributed by atoms with Gasteiger partial charge in [0.25, 0.3) is 0 Å². The smallest absolute Gasteiger partial charge is 0.240 e. The summed E-state index contributed by atoms with van der Waals surface area (Å²) in [6.07, 6.45) is 10.3. The van der Waals surface area contributed by atoms with Crippen LogP contribution in [0.15, 0.2) is 59.7 Å². The van der Waals surface area contributed by atoms with E-state index in [9.17, 15) is 4.79 Å². The van der Waals surface area contributed by atoms with E-state index in [4.69, 9.17) is 4.74 Å². The van der Waals surface area contributed by atoms with Gasteiger partial charge in [0.1, 0.15) is 12.4 Å². The molecule has 4 aliphatic carbocycles. The molecule has 1 amide bonds. The average molecular weight is 403 g/mol. The van der Waals surface area contributed by atoms with Gasteiger partial charge in [-0.15, -0.1) is 0 Å². The number of ether oxygens (including phenoxy) is 1. The maximum atomic E-state index is 12.5. The third-order valence-corrected chi connectivity index (χ3v) is 7.23. The van der Waals surface area contributed by atoms with Crippen molar-refractivity contribution in [2.24, 2.45) is 28.3 Å². The van der Waals surface area contributed by atoms with Crippen molar-refractivity contribution in [1.29, 1.82) is 0 Å². The van der Waals surface area contributed by atoms with E-state index in [1.54, 1.807) is 6.21 Å². The highest BCUT2D eigenvalue weighted by Crippen LogP contribution is 2.61. The SMILES string of the molecule is O=C(CC12CC3CC(CC(C3)C1)C2)N/N=C\c1ccc(OCc2ccccc2)cc1. The molecule has 0 heterocycles. The number of carbonyl (C=O) groups excluding carboxylic acids is 1. The van der Waals surface area contributed by atoms with Gasteiger partial charge in [-0.05, 0) is 97.1 Å². The highest BCUT2D eigenvalue weighted by molar-refractivity contribution is 5.82. The van der Waals surface area contributed by atoms with E-state index in [0.29, 0.717) is 13.0 Å². The molecular formula is C26H30N2O2. The van der Waals surface area contributed by atoms with E-state index in [-0.39, 0.29) is 11.3 Å². The minimum absolute atomic E-state index is 0.0658. The van der Waals surface area contributed by atoms with Gasteiger partial charge in [0.15, 0.2) is 0 Å². The molecule has 2 aromatic carbocycles. The molecule has 4 heteroatoms. The number of rotatable bonds is 7. The Morgan fingerprint density at radius 1 is 0.967 bits per heavy atom. The Bertz CT molecular complexity index is 869. The summed E-state index contributed by atoms with van der Waals surface area (Å²) in [5.41, 5.74) is 5.11. The topological polar surface area (TPSA) is 50.7 Å². The van der Waals surface area contributed by atoms with E-state index < -0.39 is 0 Å². The van der Waals surface area contributed by atoms with Crippen molar-refractivity contribution in [2.75, 3.05) is 0 Å². The maximum Gasteiger partial charge on any atom is 0.240 e. The Hall–Kier alpha value is -2.62. The van der Waals surface area contributed by atoms with E-state index in [1.807, 2.05) is 54.6 Å². The first-order valence-electron chi connectivity index (χ1n) is 11.2. The third-order valence-electron chi connectivity index (χ3n) is 7.23. The molecule has 0 unspecified atom stereocenters. The molecule has 4 nitrogen and oxygen atoms in total. The van der Waals surface area contributed by atoms with Gasteiger partial charge in [0, 0.05) is 6.42 Å². The number of hydrazone groups is 1. The van der Waals surface area contributed by atoms with Gasteiger partial charge in [0.05, 0.1) is 6.21 Å². The van der Waals surface area contributed by atoms with Crippen LogP contribution in [0.2, 0.25) is 0 Å². The minimum atomic E-state index is 0.0658. The largest absolute Gasteiger partial charge is 0.489 e. The quantitative estimate of drug-likeness (QED) is 0.503. The van der Waals surface area contributed by atoms with Gasteiger partial charge in [-0.2, -0.15) is 5.10 Å². The zero-order chi connectivity index (χ0) is 20.4. The number of amides is 1. The molecule has 30 heavy (non-hydrogen) atoms. The number of nitrogens with zero attached hydrogens (tertiary/aromatic N) is 1. The predicted octanol–water partition coefficient (Wildman–Crippen LogP) is 5.32. The first kappa shape index (κ1) is 19.3. The van der Waals surface area contributed by atoms with Gasteiger partial charge >= 0.3 is 0 Å². The molecule has 0 saturated heterocycles. The van der Waals surface area contributed by atoms with Gasteiger partial charge in [-0.25, -0.2) is 5.43 Å². The van der Waals surface area contributed by atoms with Crippen LogP contribution in [0.25, 0.3) is 0 Å². The number of hydrogen-bond acceptors (Lipinski definition) is 3. The van der Waals surface area contributed by atoms with Crippen LogP contribution in [0.5, 0.6) is 5.75 Å². The third kappa shape index (κ3) is 4.43. The minimum Gasteiger partial charge on any atom is -0.489 e. The highest BCUT2D eigenvalue weighted by atomic mass is 16.5. The van der Waals surface area contributed by atoms with Crippen LogP contribution in [-0.2, 0) is 11.4 Å². The fraction of sp³-hybridized carbons (Fsp3) is 0.462. The van der Waals surface area contributed by atoms with Crippen molar-refractivity contribution < 1.29 is 9.53 Å². The van der Waals surface area contributed by atoms with Gasteiger partial charge in [-0.3, -0.25) is 4.79 Å². The van der Waals surface area contributed by atoms with E-state index in [1.165, 1.54) is 38.5 Å². The number of carbonyl (C=O) groups is 1. The Kier molecular flexibility index (Phi) is 5.32. The Labute approximate surface area is 178 Å². The second kappa shape index (κ2) is 8.25. The molecule has 0 atom stereocenters. The molecule has 4 aliphatic rings. The van der Waals surface area contributed by atoms with Crippen molar-refractivity contribution >= 4 is 12.1 Å². The fourth-order valence-electron chi connectivity index (χ4n) is 6.46. The lowest BCUT2D eigenvalue weighted by Crippen LogP contribution is -2.47. The summed E-state index contributed by atoms with van der Waals surface area (Å²) in [5.74, 6) is 3.50. The van der Waals surface area contributed by atoms with Crippen molar-refractivity contribution in [3.63, 3.8) is 0 Å². The zero-order valence-corrected chi connectivity index (χ0v) is 17.4. The first-order chi connectivity index (χ1) is 14.7. The second-order valence-corrected chi connectivity index (χ2v) is 9.73. The molecule has 4 bridgehead atoms.